The van der Waals surface area contributed by atoms with Crippen molar-refractivity contribution >= 4 is 0 Å². The van der Waals surface area contributed by atoms with Gasteiger partial charge < -0.3 is 0 Å². The van der Waals surface area contributed by atoms with Gasteiger partial charge in [0, 0.05) is 5.41 Å². The monoisotopic (exact) mass is 372 g/mol. The number of rotatable bonds is 10. The highest BCUT2D eigenvalue weighted by molar-refractivity contribution is 5.81. The van der Waals surface area contributed by atoms with E-state index in [-0.39, 0.29) is 10.8 Å². The quantitative estimate of drug-likeness (QED) is 0.290. The van der Waals surface area contributed by atoms with Crippen LogP contribution in [0.25, 0.3) is 11.1 Å². The van der Waals surface area contributed by atoms with Crippen molar-refractivity contribution in [1.82, 2.24) is 0 Å². The van der Waals surface area contributed by atoms with Gasteiger partial charge in [0.1, 0.15) is 0 Å². The summed E-state index contributed by atoms with van der Waals surface area (Å²) < 4.78 is 0. The van der Waals surface area contributed by atoms with E-state index in [0.29, 0.717) is 0 Å². The van der Waals surface area contributed by atoms with Crippen molar-refractivity contribution in [3.63, 3.8) is 0 Å². The Hall–Kier alpha value is -2.08. The summed E-state index contributed by atoms with van der Waals surface area (Å²) in [5.74, 6) is 0. The zero-order valence-electron chi connectivity index (χ0n) is 18.1. The van der Waals surface area contributed by atoms with Gasteiger partial charge >= 0.3 is 0 Å². The summed E-state index contributed by atoms with van der Waals surface area (Å²) in [5.41, 5.74) is 7.78. The number of hydrogen-bond acceptors (Lipinski definition) is 0. The summed E-state index contributed by atoms with van der Waals surface area (Å²) in [6.07, 6.45) is 12.2. The molecule has 0 unspecified atom stereocenters. The van der Waals surface area contributed by atoms with Crippen molar-refractivity contribution in [2.75, 3.05) is 0 Å². The van der Waals surface area contributed by atoms with Gasteiger partial charge in [0.05, 0.1) is 0 Å². The molecular weight excluding hydrogens is 336 g/mol. The highest BCUT2D eigenvalue weighted by Crippen LogP contribution is 2.54. The maximum absolute atomic E-state index is 3.96. The van der Waals surface area contributed by atoms with Crippen LogP contribution in [0.4, 0.5) is 0 Å². The summed E-state index contributed by atoms with van der Waals surface area (Å²) in [6.45, 7) is 14.9. The van der Waals surface area contributed by atoms with Gasteiger partial charge in [-0.2, -0.15) is 0 Å². The Balaban J connectivity index is 2.17. The Kier molecular flexibility index (Phi) is 6.28. The molecular formula is C28H36. The standard InChI is InChI=1S/C28H36/c1-6-9-13-19-28(20-14-10-7-2)25-16-12-11-15-23(25)24-18-17-22(21-26(24)28)27(4,5)8-3/h6-7,11-12,15-18,21H,1-2,8-10,13-14,19-20H2,3-5H3. The molecule has 0 atom stereocenters. The van der Waals surface area contributed by atoms with Gasteiger partial charge in [-0.15, -0.1) is 13.2 Å². The average molecular weight is 373 g/mol. The second-order valence-electron chi connectivity index (χ2n) is 8.99. The number of allylic oxidation sites excluding steroid dienone is 2. The molecule has 3 rings (SSSR count). The molecule has 0 aromatic heterocycles. The Morgan fingerprint density at radius 2 is 1.46 bits per heavy atom. The number of unbranched alkanes of at least 4 members (excludes halogenated alkanes) is 2. The maximum Gasteiger partial charge on any atom is 0.0215 e. The SMILES string of the molecule is C=CCCCC1(CCCC=C)c2ccccc2-c2ccc(C(C)(C)CC)cc21. The highest BCUT2D eigenvalue weighted by atomic mass is 14.4. The Morgan fingerprint density at radius 3 is 2.07 bits per heavy atom. The van der Waals surface area contributed by atoms with Gasteiger partial charge in [0.2, 0.25) is 0 Å². The molecule has 148 valence electrons. The van der Waals surface area contributed by atoms with Gasteiger partial charge in [-0.1, -0.05) is 75.4 Å². The fraction of sp³-hybridized carbons (Fsp3) is 0.429. The van der Waals surface area contributed by atoms with E-state index in [1.165, 1.54) is 47.9 Å². The summed E-state index contributed by atoms with van der Waals surface area (Å²) in [6, 6.07) is 16.4. The first-order valence-corrected chi connectivity index (χ1v) is 11.0. The van der Waals surface area contributed by atoms with E-state index in [2.05, 4.69) is 88.5 Å². The van der Waals surface area contributed by atoms with Crippen LogP contribution in [-0.2, 0) is 10.8 Å². The predicted octanol–water partition coefficient (Wildman–Crippen LogP) is 8.35. The molecule has 0 saturated carbocycles. The van der Waals surface area contributed by atoms with E-state index >= 15 is 0 Å². The molecule has 0 heterocycles. The number of hydrogen-bond donors (Lipinski definition) is 0. The van der Waals surface area contributed by atoms with Crippen LogP contribution < -0.4 is 0 Å². The third-order valence-corrected chi connectivity index (χ3v) is 6.96. The minimum atomic E-state index is 0.123. The molecule has 2 aromatic rings. The largest absolute Gasteiger partial charge is 0.103 e. The third kappa shape index (κ3) is 3.62. The van der Waals surface area contributed by atoms with Crippen molar-refractivity contribution in [3.8, 4) is 11.1 Å². The lowest BCUT2D eigenvalue weighted by Gasteiger charge is -2.34. The van der Waals surface area contributed by atoms with Gasteiger partial charge in [0.25, 0.3) is 0 Å². The minimum absolute atomic E-state index is 0.123. The van der Waals surface area contributed by atoms with E-state index in [1.807, 2.05) is 0 Å². The zero-order chi connectivity index (χ0) is 20.2. The Labute approximate surface area is 172 Å². The number of benzene rings is 2. The molecule has 0 bridgehead atoms. The molecule has 2 aromatic carbocycles. The van der Waals surface area contributed by atoms with Crippen LogP contribution in [0.1, 0.15) is 82.4 Å². The smallest absolute Gasteiger partial charge is 0.0215 e. The fourth-order valence-corrected chi connectivity index (χ4v) is 4.84. The molecule has 1 aliphatic rings. The molecule has 0 N–H and O–H groups in total. The molecule has 1 aliphatic carbocycles. The summed E-state index contributed by atoms with van der Waals surface area (Å²) in [7, 11) is 0. The van der Waals surface area contributed by atoms with Crippen LogP contribution in [0.3, 0.4) is 0 Å². The molecule has 0 radical (unpaired) electrons. The summed E-state index contributed by atoms with van der Waals surface area (Å²) in [4.78, 5) is 0. The molecule has 28 heavy (non-hydrogen) atoms. The van der Waals surface area contributed by atoms with E-state index in [0.717, 1.165) is 19.3 Å². The molecule has 0 heteroatoms. The van der Waals surface area contributed by atoms with E-state index in [9.17, 15) is 0 Å². The third-order valence-electron chi connectivity index (χ3n) is 6.96. The topological polar surface area (TPSA) is 0 Å². The Bertz CT molecular complexity index is 823. The summed E-state index contributed by atoms with van der Waals surface area (Å²) >= 11 is 0. The molecule has 0 saturated heterocycles. The molecule has 0 aliphatic heterocycles. The normalized spacial score (nSPS) is 14.4. The molecule has 0 spiro atoms. The average Bonchev–Trinajstić information content (AvgIpc) is 2.98. The van der Waals surface area contributed by atoms with Crippen LogP contribution in [-0.4, -0.2) is 0 Å². The van der Waals surface area contributed by atoms with Crippen LogP contribution in [0.5, 0.6) is 0 Å². The fourth-order valence-electron chi connectivity index (χ4n) is 4.84. The van der Waals surface area contributed by atoms with Crippen LogP contribution in [0, 0.1) is 0 Å². The van der Waals surface area contributed by atoms with Gasteiger partial charge in [0.15, 0.2) is 0 Å². The molecule has 0 nitrogen and oxygen atoms in total. The van der Waals surface area contributed by atoms with Crippen molar-refractivity contribution in [1.29, 1.82) is 0 Å². The maximum atomic E-state index is 3.96. The minimum Gasteiger partial charge on any atom is -0.103 e. The first kappa shape index (κ1) is 20.6. The number of fused-ring (bicyclic) bond motifs is 3. The van der Waals surface area contributed by atoms with E-state index in [1.54, 1.807) is 5.56 Å². The van der Waals surface area contributed by atoms with Crippen molar-refractivity contribution < 1.29 is 0 Å². The van der Waals surface area contributed by atoms with Crippen molar-refractivity contribution in [3.05, 3.63) is 84.5 Å². The zero-order valence-corrected chi connectivity index (χ0v) is 18.1. The van der Waals surface area contributed by atoms with Crippen molar-refractivity contribution in [2.45, 2.75) is 76.5 Å². The summed E-state index contributed by atoms with van der Waals surface area (Å²) in [5, 5.41) is 0. The Morgan fingerprint density at radius 1 is 0.857 bits per heavy atom. The van der Waals surface area contributed by atoms with Crippen LogP contribution >= 0.6 is 0 Å². The van der Waals surface area contributed by atoms with Gasteiger partial charge in [-0.25, -0.2) is 0 Å². The second-order valence-corrected chi connectivity index (χ2v) is 8.99. The lowest BCUT2D eigenvalue weighted by atomic mass is 9.69. The second kappa shape index (κ2) is 8.52. The van der Waals surface area contributed by atoms with E-state index in [4.69, 9.17) is 0 Å². The predicted molar refractivity (Wildman–Crippen MR) is 124 cm³/mol. The molecule has 0 amide bonds. The van der Waals surface area contributed by atoms with Gasteiger partial charge in [-0.3, -0.25) is 0 Å². The van der Waals surface area contributed by atoms with Crippen LogP contribution in [0.2, 0.25) is 0 Å². The first-order chi connectivity index (χ1) is 13.5. The lowest BCUT2D eigenvalue weighted by Crippen LogP contribution is -2.26. The van der Waals surface area contributed by atoms with E-state index < -0.39 is 0 Å². The van der Waals surface area contributed by atoms with Crippen LogP contribution in [0.15, 0.2) is 67.8 Å². The van der Waals surface area contributed by atoms with Crippen molar-refractivity contribution in [2.24, 2.45) is 0 Å². The highest BCUT2D eigenvalue weighted by Gasteiger charge is 2.42. The molecule has 0 fully saturated rings. The van der Waals surface area contributed by atoms with Gasteiger partial charge in [-0.05, 0) is 78.2 Å². The lowest BCUT2D eigenvalue weighted by molar-refractivity contribution is 0.420. The first-order valence-electron chi connectivity index (χ1n) is 11.0.